The number of alkyl halides is 1. The third kappa shape index (κ3) is 1.30. The van der Waals surface area contributed by atoms with Gasteiger partial charge in [0.15, 0.2) is 0 Å². The molecule has 1 aliphatic heterocycles. The third-order valence-electron chi connectivity index (χ3n) is 2.25. The molecule has 0 spiro atoms. The zero-order valence-corrected chi connectivity index (χ0v) is 6.48. The smallest absolute Gasteiger partial charge is 0.141 e. The molecular weight excluding hydrogens is 133 g/mol. The van der Waals surface area contributed by atoms with Gasteiger partial charge in [-0.1, -0.05) is 0 Å². The highest BCUT2D eigenvalue weighted by Gasteiger charge is 2.36. The summed E-state index contributed by atoms with van der Waals surface area (Å²) >= 11 is 0. The second-order valence-electron chi connectivity index (χ2n) is 2.94. The van der Waals surface area contributed by atoms with E-state index < -0.39 is 11.8 Å². The molecule has 0 radical (unpaired) electrons. The van der Waals surface area contributed by atoms with Crippen molar-refractivity contribution < 1.29 is 10.6 Å². The fourth-order valence-electron chi connectivity index (χ4n) is 1.17. The Balaban J connectivity index is 0.000001000. The van der Waals surface area contributed by atoms with Crippen molar-refractivity contribution in [3.05, 3.63) is 0 Å². The lowest BCUT2D eigenvalue weighted by Crippen LogP contribution is -2.51. The van der Waals surface area contributed by atoms with Crippen LogP contribution in [0.4, 0.5) is 4.39 Å². The largest absolute Gasteiger partial charge is 0.375 e. The van der Waals surface area contributed by atoms with Crippen LogP contribution in [0.15, 0.2) is 0 Å². The van der Waals surface area contributed by atoms with Gasteiger partial charge in [-0.2, -0.15) is 0 Å². The Labute approximate surface area is 62.2 Å². The summed E-state index contributed by atoms with van der Waals surface area (Å²) in [5.41, 5.74) is -0.550. The van der Waals surface area contributed by atoms with Crippen molar-refractivity contribution >= 4 is 0 Å². The Kier molecular flexibility index (Phi) is 2.26. The fraction of sp³-hybridized carbons (Fsp3) is 1.00. The van der Waals surface area contributed by atoms with Crippen molar-refractivity contribution in [2.45, 2.75) is 25.1 Å². The molecule has 0 aromatic carbocycles. The van der Waals surface area contributed by atoms with Crippen LogP contribution in [0.1, 0.15) is 14.8 Å². The lowest BCUT2D eigenvalue weighted by molar-refractivity contribution is -0.0729. The third-order valence-corrected chi connectivity index (χ3v) is 2.25. The number of piperidine rings is 1. The number of hydrogen-bond acceptors (Lipinski definition) is 2. The minimum absolute atomic E-state index is 0. The summed E-state index contributed by atoms with van der Waals surface area (Å²) in [6.07, 6.45) is -0.115. The van der Waals surface area contributed by atoms with E-state index in [1.807, 2.05) is 6.92 Å². The van der Waals surface area contributed by atoms with Crippen LogP contribution in [0, 0.1) is 0 Å². The van der Waals surface area contributed by atoms with E-state index in [0.29, 0.717) is 6.54 Å². The molecule has 0 unspecified atom stereocenters. The van der Waals surface area contributed by atoms with E-state index >= 15 is 0 Å². The zero-order valence-electron chi connectivity index (χ0n) is 6.48. The van der Waals surface area contributed by atoms with Gasteiger partial charge < -0.3 is 10.1 Å². The molecule has 1 heterocycles. The van der Waals surface area contributed by atoms with Crippen molar-refractivity contribution in [2.24, 2.45) is 0 Å². The molecule has 0 aromatic heterocycles. The van der Waals surface area contributed by atoms with Crippen LogP contribution in [0.5, 0.6) is 0 Å². The molecule has 1 N–H and O–H groups in total. The average Bonchev–Trinajstić information content (AvgIpc) is 1.96. The molecule has 2 atom stereocenters. The van der Waals surface area contributed by atoms with Crippen LogP contribution < -0.4 is 5.32 Å². The highest BCUT2D eigenvalue weighted by Crippen LogP contribution is 2.23. The minimum atomic E-state index is -0.869. The summed E-state index contributed by atoms with van der Waals surface area (Å²) in [6.45, 7) is 3.09. The molecule has 1 saturated heterocycles. The van der Waals surface area contributed by atoms with E-state index in [9.17, 15) is 4.39 Å². The fourth-order valence-corrected chi connectivity index (χ4v) is 1.17. The summed E-state index contributed by atoms with van der Waals surface area (Å²) in [7, 11) is 1.57. The van der Waals surface area contributed by atoms with E-state index in [2.05, 4.69) is 5.32 Å². The number of nitrogens with one attached hydrogen (secondary N) is 1. The molecule has 0 amide bonds. The van der Waals surface area contributed by atoms with Gasteiger partial charge in [-0.15, -0.1) is 0 Å². The van der Waals surface area contributed by atoms with Crippen LogP contribution >= 0.6 is 0 Å². The zero-order chi connectivity index (χ0) is 7.61. The number of methoxy groups -OCH3 is 1. The minimum Gasteiger partial charge on any atom is -0.375 e. The standard InChI is InChI=1S/C7H14FNO.H2/c1-7(10-2)3-4-9-5-6(7)8;/h6,9H,3-5H2,1-2H3;1H/t6-,7+;/m1./s1. The number of ether oxygens (including phenoxy) is 1. The Morgan fingerprint density at radius 3 is 2.90 bits per heavy atom. The van der Waals surface area contributed by atoms with Gasteiger partial charge in [0, 0.05) is 15.1 Å². The Morgan fingerprint density at radius 1 is 1.80 bits per heavy atom. The summed E-state index contributed by atoms with van der Waals surface area (Å²) in [4.78, 5) is 0. The monoisotopic (exact) mass is 149 g/mol. The summed E-state index contributed by atoms with van der Waals surface area (Å²) < 4.78 is 18.1. The molecule has 10 heavy (non-hydrogen) atoms. The lowest BCUT2D eigenvalue weighted by atomic mass is 9.93. The van der Waals surface area contributed by atoms with E-state index in [4.69, 9.17) is 4.74 Å². The van der Waals surface area contributed by atoms with Crippen LogP contribution in [0.3, 0.4) is 0 Å². The second-order valence-corrected chi connectivity index (χ2v) is 2.94. The Bertz CT molecular complexity index is 125. The second kappa shape index (κ2) is 2.84. The highest BCUT2D eigenvalue weighted by molar-refractivity contribution is 4.89. The first-order valence-electron chi connectivity index (χ1n) is 3.59. The van der Waals surface area contributed by atoms with Gasteiger partial charge >= 0.3 is 0 Å². The highest BCUT2D eigenvalue weighted by atomic mass is 19.1. The Morgan fingerprint density at radius 2 is 2.50 bits per heavy atom. The summed E-state index contributed by atoms with van der Waals surface area (Å²) in [5.74, 6) is 0. The maximum Gasteiger partial charge on any atom is 0.141 e. The molecule has 3 heteroatoms. The van der Waals surface area contributed by atoms with Crippen LogP contribution in [-0.2, 0) is 4.74 Å². The molecule has 0 aromatic rings. The quantitative estimate of drug-likeness (QED) is 0.599. The maximum atomic E-state index is 13.0. The topological polar surface area (TPSA) is 21.3 Å². The van der Waals surface area contributed by atoms with E-state index in [1.54, 1.807) is 7.11 Å². The molecule has 0 bridgehead atoms. The first-order valence-corrected chi connectivity index (χ1v) is 3.59. The summed E-state index contributed by atoms with van der Waals surface area (Å²) in [6, 6.07) is 0. The van der Waals surface area contributed by atoms with Gasteiger partial charge in [-0.25, -0.2) is 4.39 Å². The summed E-state index contributed by atoms with van der Waals surface area (Å²) in [5, 5.41) is 2.97. The number of halogens is 1. The average molecular weight is 149 g/mol. The lowest BCUT2D eigenvalue weighted by Gasteiger charge is -2.35. The molecule has 1 aliphatic rings. The van der Waals surface area contributed by atoms with Gasteiger partial charge in [0.25, 0.3) is 0 Å². The van der Waals surface area contributed by atoms with Gasteiger partial charge in [0.05, 0.1) is 5.60 Å². The molecule has 1 fully saturated rings. The van der Waals surface area contributed by atoms with E-state index in [1.165, 1.54) is 0 Å². The van der Waals surface area contributed by atoms with Gasteiger partial charge in [-0.05, 0) is 19.9 Å². The van der Waals surface area contributed by atoms with Crippen molar-refractivity contribution in [1.29, 1.82) is 0 Å². The van der Waals surface area contributed by atoms with Crippen LogP contribution in [-0.4, -0.2) is 32.0 Å². The first kappa shape index (κ1) is 7.95. The normalized spacial score (nSPS) is 41.7. The molecule has 2 nitrogen and oxygen atoms in total. The van der Waals surface area contributed by atoms with Crippen molar-refractivity contribution in [3.8, 4) is 0 Å². The molecular formula is C7H16FNO. The first-order chi connectivity index (χ1) is 4.69. The van der Waals surface area contributed by atoms with E-state index in [-0.39, 0.29) is 1.43 Å². The van der Waals surface area contributed by atoms with E-state index in [0.717, 1.165) is 13.0 Å². The van der Waals surface area contributed by atoms with Crippen molar-refractivity contribution in [1.82, 2.24) is 5.32 Å². The number of hydrogen-bond donors (Lipinski definition) is 1. The molecule has 1 rings (SSSR count). The van der Waals surface area contributed by atoms with Gasteiger partial charge in [0.2, 0.25) is 0 Å². The van der Waals surface area contributed by atoms with Gasteiger partial charge in [0.1, 0.15) is 6.17 Å². The molecule has 62 valence electrons. The molecule has 0 saturated carbocycles. The maximum absolute atomic E-state index is 13.0. The number of rotatable bonds is 1. The van der Waals surface area contributed by atoms with Crippen molar-refractivity contribution in [3.63, 3.8) is 0 Å². The van der Waals surface area contributed by atoms with Crippen LogP contribution in [0.25, 0.3) is 0 Å². The predicted octanol–water partition coefficient (Wildman–Crippen LogP) is 0.969. The molecule has 0 aliphatic carbocycles. The SMILES string of the molecule is CO[C@@]1(C)CCNC[C@H]1F.[HH]. The van der Waals surface area contributed by atoms with Crippen LogP contribution in [0.2, 0.25) is 0 Å². The van der Waals surface area contributed by atoms with Crippen molar-refractivity contribution in [2.75, 3.05) is 20.2 Å². The van der Waals surface area contributed by atoms with Gasteiger partial charge in [-0.3, -0.25) is 0 Å². The Hall–Kier alpha value is -0.150. The predicted molar refractivity (Wildman–Crippen MR) is 39.9 cm³/mol.